The van der Waals surface area contributed by atoms with E-state index in [4.69, 9.17) is 4.42 Å². The minimum Gasteiger partial charge on any atom is -0.454 e. The van der Waals surface area contributed by atoms with E-state index >= 15 is 0 Å². The van der Waals surface area contributed by atoms with Crippen molar-refractivity contribution in [2.24, 2.45) is 0 Å². The highest BCUT2D eigenvalue weighted by Gasteiger charge is 2.21. The van der Waals surface area contributed by atoms with Gasteiger partial charge >= 0.3 is 11.4 Å². The van der Waals surface area contributed by atoms with E-state index in [0.29, 0.717) is 66.5 Å². The van der Waals surface area contributed by atoms with Crippen LogP contribution >= 0.6 is 0 Å². The lowest BCUT2D eigenvalue weighted by Gasteiger charge is -2.14. The molecule has 9 aromatic rings. The van der Waals surface area contributed by atoms with Crippen molar-refractivity contribution in [3.8, 4) is 22.7 Å². The Morgan fingerprint density at radius 1 is 0.388 bits per heavy atom. The Balaban J connectivity index is 1.32. The summed E-state index contributed by atoms with van der Waals surface area (Å²) in [6, 6.07) is 42.6. The molecule has 9 rings (SSSR count). The SMILES string of the molecule is O=c1c2ccccc2n(-c2ccc3oc4c(-n5c(=O)n(-c6ccccc6)c(=O)c6ccccc65)cccc4c3c2)c(=O)n1-c1ccccc1. The number of rotatable bonds is 4. The van der Waals surface area contributed by atoms with Gasteiger partial charge in [0.1, 0.15) is 5.58 Å². The molecular weight excluding hydrogens is 616 g/mol. The molecule has 0 atom stereocenters. The molecule has 0 radical (unpaired) electrons. The number of hydrogen-bond acceptors (Lipinski definition) is 5. The Kier molecular flexibility index (Phi) is 6.21. The Morgan fingerprint density at radius 3 is 1.51 bits per heavy atom. The van der Waals surface area contributed by atoms with Crippen LogP contribution < -0.4 is 22.5 Å². The number of para-hydroxylation sites is 5. The smallest absolute Gasteiger partial charge is 0.340 e. The fourth-order valence-corrected chi connectivity index (χ4v) is 6.70. The lowest BCUT2D eigenvalue weighted by Crippen LogP contribution is -2.38. The number of furan rings is 1. The lowest BCUT2D eigenvalue weighted by atomic mass is 10.1. The molecule has 3 heterocycles. The molecule has 0 saturated carbocycles. The molecule has 6 aromatic carbocycles. The molecule has 0 fully saturated rings. The van der Waals surface area contributed by atoms with Gasteiger partial charge in [-0.05, 0) is 72.8 Å². The molecule has 0 amide bonds. The van der Waals surface area contributed by atoms with Gasteiger partial charge in [-0.25, -0.2) is 18.7 Å². The van der Waals surface area contributed by atoms with Crippen molar-refractivity contribution >= 4 is 43.7 Å². The maximum absolute atomic E-state index is 14.3. The molecule has 0 bridgehead atoms. The highest BCUT2D eigenvalue weighted by Crippen LogP contribution is 2.34. The first-order chi connectivity index (χ1) is 24.0. The van der Waals surface area contributed by atoms with E-state index in [1.54, 1.807) is 115 Å². The molecule has 9 nitrogen and oxygen atoms in total. The minimum atomic E-state index is -0.537. The minimum absolute atomic E-state index is 0.376. The molecule has 0 aliphatic heterocycles. The molecule has 0 aliphatic carbocycles. The van der Waals surface area contributed by atoms with E-state index in [2.05, 4.69) is 0 Å². The number of hydrogen-bond donors (Lipinski definition) is 0. The molecule has 0 unspecified atom stereocenters. The molecule has 9 heteroatoms. The highest BCUT2D eigenvalue weighted by atomic mass is 16.3. The number of aromatic nitrogens is 4. The molecule has 0 spiro atoms. The van der Waals surface area contributed by atoms with E-state index in [0.717, 1.165) is 0 Å². The predicted octanol–water partition coefficient (Wildman–Crippen LogP) is 6.50. The highest BCUT2D eigenvalue weighted by molar-refractivity contribution is 6.08. The topological polar surface area (TPSA) is 101 Å². The third kappa shape index (κ3) is 4.19. The van der Waals surface area contributed by atoms with Crippen molar-refractivity contribution in [2.45, 2.75) is 0 Å². The van der Waals surface area contributed by atoms with Gasteiger partial charge in [-0.15, -0.1) is 0 Å². The molecular formula is C40H24N4O5. The van der Waals surface area contributed by atoms with E-state index in [1.165, 1.54) is 18.3 Å². The Bertz CT molecular complexity index is 3020. The van der Waals surface area contributed by atoms with Gasteiger partial charge in [-0.1, -0.05) is 72.8 Å². The third-order valence-corrected chi connectivity index (χ3v) is 8.91. The van der Waals surface area contributed by atoms with Crippen molar-refractivity contribution < 1.29 is 4.42 Å². The maximum atomic E-state index is 14.3. The van der Waals surface area contributed by atoms with Gasteiger partial charge in [0.2, 0.25) is 0 Å². The quantitative estimate of drug-likeness (QED) is 0.219. The Labute approximate surface area is 276 Å². The fourth-order valence-electron chi connectivity index (χ4n) is 6.70. The summed E-state index contributed by atoms with van der Waals surface area (Å²) < 4.78 is 11.8. The van der Waals surface area contributed by atoms with E-state index in [1.807, 2.05) is 30.3 Å². The second kappa shape index (κ2) is 10.8. The van der Waals surface area contributed by atoms with Crippen LogP contribution in [0.25, 0.3) is 66.5 Å². The van der Waals surface area contributed by atoms with E-state index in [-0.39, 0.29) is 0 Å². The number of fused-ring (bicyclic) bond motifs is 5. The first kappa shape index (κ1) is 28.2. The summed E-state index contributed by atoms with van der Waals surface area (Å²) in [5, 5.41) is 2.18. The van der Waals surface area contributed by atoms with Crippen molar-refractivity contribution in [2.75, 3.05) is 0 Å². The Hall–Kier alpha value is -7.00. The molecule has 3 aromatic heterocycles. The molecule has 49 heavy (non-hydrogen) atoms. The van der Waals surface area contributed by atoms with Crippen LogP contribution in [-0.4, -0.2) is 18.3 Å². The van der Waals surface area contributed by atoms with Crippen LogP contribution in [-0.2, 0) is 0 Å². The van der Waals surface area contributed by atoms with Crippen molar-refractivity contribution in [3.05, 3.63) is 187 Å². The van der Waals surface area contributed by atoms with Gasteiger partial charge in [-0.3, -0.25) is 18.7 Å². The molecule has 234 valence electrons. The van der Waals surface area contributed by atoms with Crippen LogP contribution in [0.1, 0.15) is 0 Å². The average Bonchev–Trinajstić information content (AvgIpc) is 3.52. The van der Waals surface area contributed by atoms with Crippen LogP contribution in [0, 0.1) is 0 Å². The predicted molar refractivity (Wildman–Crippen MR) is 191 cm³/mol. The number of benzene rings is 6. The van der Waals surface area contributed by atoms with Crippen LogP contribution in [0.5, 0.6) is 0 Å². The van der Waals surface area contributed by atoms with Crippen LogP contribution in [0.15, 0.2) is 169 Å². The van der Waals surface area contributed by atoms with E-state index in [9.17, 15) is 19.2 Å². The van der Waals surface area contributed by atoms with Gasteiger partial charge < -0.3 is 4.42 Å². The van der Waals surface area contributed by atoms with Gasteiger partial charge in [0.25, 0.3) is 11.1 Å². The summed E-state index contributed by atoms with van der Waals surface area (Å²) in [4.78, 5) is 55.7. The third-order valence-electron chi connectivity index (χ3n) is 8.91. The number of nitrogens with zero attached hydrogens (tertiary/aromatic N) is 4. The summed E-state index contributed by atoms with van der Waals surface area (Å²) in [6.07, 6.45) is 0. The molecule has 0 N–H and O–H groups in total. The van der Waals surface area contributed by atoms with Crippen molar-refractivity contribution in [1.82, 2.24) is 18.3 Å². The summed E-state index contributed by atoms with van der Waals surface area (Å²) in [5.41, 5.74) is 1.93. The Morgan fingerprint density at radius 2 is 0.898 bits per heavy atom. The van der Waals surface area contributed by atoms with Crippen molar-refractivity contribution in [1.29, 1.82) is 0 Å². The summed E-state index contributed by atoms with van der Waals surface area (Å²) in [7, 11) is 0. The zero-order valence-corrected chi connectivity index (χ0v) is 25.7. The van der Waals surface area contributed by atoms with Crippen molar-refractivity contribution in [3.63, 3.8) is 0 Å². The van der Waals surface area contributed by atoms with E-state index < -0.39 is 22.5 Å². The first-order valence-electron chi connectivity index (χ1n) is 15.6. The lowest BCUT2D eigenvalue weighted by molar-refractivity contribution is 0.663. The standard InChI is InChI=1S/C40H24N4O5/c45-37-29-16-7-9-19-32(29)41(39(47)42(37)25-12-3-1-4-13-25)27-22-23-35-31(24-27)28-18-11-21-34(36(28)49-35)44-33-20-10-8-17-30(33)38(46)43(40(44)48)26-14-5-2-6-15-26/h1-24H. The summed E-state index contributed by atoms with van der Waals surface area (Å²) >= 11 is 0. The second-order valence-corrected chi connectivity index (χ2v) is 11.7. The molecule has 0 saturated heterocycles. The summed E-state index contributed by atoms with van der Waals surface area (Å²) in [6.45, 7) is 0. The normalized spacial score (nSPS) is 11.6. The molecule has 0 aliphatic rings. The second-order valence-electron chi connectivity index (χ2n) is 11.7. The first-order valence-corrected chi connectivity index (χ1v) is 15.6. The van der Waals surface area contributed by atoms with Crippen LogP contribution in [0.3, 0.4) is 0 Å². The average molecular weight is 641 g/mol. The van der Waals surface area contributed by atoms with Crippen LogP contribution in [0.4, 0.5) is 0 Å². The van der Waals surface area contributed by atoms with Gasteiger partial charge in [0, 0.05) is 10.8 Å². The van der Waals surface area contributed by atoms with Crippen LogP contribution in [0.2, 0.25) is 0 Å². The zero-order valence-electron chi connectivity index (χ0n) is 25.7. The fraction of sp³-hybridized carbons (Fsp3) is 0. The van der Waals surface area contributed by atoms with Gasteiger partial charge in [-0.2, -0.15) is 0 Å². The largest absolute Gasteiger partial charge is 0.454 e. The van der Waals surface area contributed by atoms with Gasteiger partial charge in [0.05, 0.1) is 44.6 Å². The zero-order chi connectivity index (χ0) is 33.2. The monoisotopic (exact) mass is 640 g/mol. The van der Waals surface area contributed by atoms with Gasteiger partial charge in [0.15, 0.2) is 5.58 Å². The maximum Gasteiger partial charge on any atom is 0.340 e. The summed E-state index contributed by atoms with van der Waals surface area (Å²) in [5.74, 6) is 0.